The Morgan fingerprint density at radius 1 is 1.47 bits per heavy atom. The summed E-state index contributed by atoms with van der Waals surface area (Å²) in [7, 11) is 1.67. The van der Waals surface area contributed by atoms with Gasteiger partial charge in [-0.2, -0.15) is 13.2 Å². The van der Waals surface area contributed by atoms with E-state index in [0.29, 0.717) is 12.2 Å². The van der Waals surface area contributed by atoms with E-state index in [2.05, 4.69) is 15.3 Å². The fraction of sp³-hybridized carbons (Fsp3) is 0.636. The van der Waals surface area contributed by atoms with Crippen molar-refractivity contribution in [3.05, 3.63) is 27.9 Å². The number of rotatable bonds is 6. The fourth-order valence-corrected chi connectivity index (χ4v) is 1.67. The Labute approximate surface area is 108 Å². The van der Waals surface area contributed by atoms with Gasteiger partial charge in [0.1, 0.15) is 5.82 Å². The zero-order valence-corrected chi connectivity index (χ0v) is 10.8. The monoisotopic (exact) mass is 278 g/mol. The van der Waals surface area contributed by atoms with E-state index in [0.717, 1.165) is 0 Å². The van der Waals surface area contributed by atoms with Gasteiger partial charge in [0, 0.05) is 24.8 Å². The Balaban J connectivity index is 2.77. The van der Waals surface area contributed by atoms with E-state index in [9.17, 15) is 18.0 Å². The highest BCUT2D eigenvalue weighted by atomic mass is 19.4. The summed E-state index contributed by atoms with van der Waals surface area (Å²) in [6, 6.07) is 1.30. The number of alkyl halides is 3. The minimum atomic E-state index is -4.28. The lowest BCUT2D eigenvalue weighted by atomic mass is 10.4. The van der Waals surface area contributed by atoms with E-state index in [1.807, 2.05) is 0 Å². The summed E-state index contributed by atoms with van der Waals surface area (Å²) in [4.78, 5) is 18.9. The third kappa shape index (κ3) is 6.35. The van der Waals surface area contributed by atoms with Crippen LogP contribution in [0.4, 0.5) is 13.2 Å². The van der Waals surface area contributed by atoms with Crippen LogP contribution in [0, 0.1) is 6.92 Å². The van der Waals surface area contributed by atoms with Crippen molar-refractivity contribution < 1.29 is 13.2 Å². The number of hydrogen-bond donors (Lipinski definition) is 2. The van der Waals surface area contributed by atoms with Gasteiger partial charge in [-0.15, -0.1) is 0 Å². The second-order valence-electron chi connectivity index (χ2n) is 4.26. The third-order valence-electron chi connectivity index (χ3n) is 2.37. The van der Waals surface area contributed by atoms with Crippen molar-refractivity contribution in [2.24, 2.45) is 0 Å². The average molecular weight is 278 g/mol. The molecule has 108 valence electrons. The molecule has 1 aromatic heterocycles. The van der Waals surface area contributed by atoms with Crippen LogP contribution in [0.15, 0.2) is 10.9 Å². The zero-order valence-electron chi connectivity index (χ0n) is 10.8. The molecule has 0 spiro atoms. The van der Waals surface area contributed by atoms with Crippen LogP contribution in [0.3, 0.4) is 0 Å². The number of nitrogens with zero attached hydrogens (tertiary/aromatic N) is 2. The first-order valence-electron chi connectivity index (χ1n) is 5.80. The lowest BCUT2D eigenvalue weighted by Crippen LogP contribution is -2.38. The van der Waals surface area contributed by atoms with Crippen molar-refractivity contribution in [3.63, 3.8) is 0 Å². The Morgan fingerprint density at radius 2 is 2.16 bits per heavy atom. The molecule has 0 saturated carbocycles. The number of likely N-dealkylation sites (N-methyl/N-ethyl adjacent to an activating group) is 1. The van der Waals surface area contributed by atoms with Gasteiger partial charge in [0.25, 0.3) is 5.56 Å². The summed E-state index contributed by atoms with van der Waals surface area (Å²) >= 11 is 0. The molecule has 0 atom stereocenters. The lowest BCUT2D eigenvalue weighted by Gasteiger charge is -2.22. The molecule has 19 heavy (non-hydrogen) atoms. The van der Waals surface area contributed by atoms with Gasteiger partial charge in [-0.25, -0.2) is 4.98 Å². The Kier molecular flexibility index (Phi) is 5.49. The maximum Gasteiger partial charge on any atom is 0.401 e. The molecule has 0 aromatic carbocycles. The number of nitrogens with one attached hydrogen (secondary N) is 2. The van der Waals surface area contributed by atoms with E-state index in [-0.39, 0.29) is 24.5 Å². The van der Waals surface area contributed by atoms with Crippen molar-refractivity contribution in [1.29, 1.82) is 0 Å². The van der Waals surface area contributed by atoms with Crippen LogP contribution in [0.5, 0.6) is 0 Å². The second-order valence-corrected chi connectivity index (χ2v) is 4.26. The first-order chi connectivity index (χ1) is 8.80. The SMILES string of the molecule is CNCCN(Cc1nc(C)cc(=O)[nH]1)CC(F)(F)F. The molecule has 2 N–H and O–H groups in total. The van der Waals surface area contributed by atoms with E-state index < -0.39 is 12.7 Å². The van der Waals surface area contributed by atoms with Crippen LogP contribution in [0.1, 0.15) is 11.5 Å². The molecule has 1 heterocycles. The third-order valence-corrected chi connectivity index (χ3v) is 2.37. The molecule has 0 saturated heterocycles. The van der Waals surface area contributed by atoms with E-state index in [1.54, 1.807) is 14.0 Å². The largest absolute Gasteiger partial charge is 0.401 e. The minimum absolute atomic E-state index is 0.0435. The van der Waals surface area contributed by atoms with Crippen LogP contribution >= 0.6 is 0 Å². The second kappa shape index (κ2) is 6.67. The molecule has 0 aliphatic heterocycles. The molecule has 0 amide bonds. The summed E-state index contributed by atoms with van der Waals surface area (Å²) in [5.41, 5.74) is 0.127. The fourth-order valence-electron chi connectivity index (χ4n) is 1.67. The standard InChI is InChI=1S/C11H17F3N4O/c1-8-5-10(19)17-9(16-8)6-18(4-3-15-2)7-11(12,13)14/h5,15H,3-4,6-7H2,1-2H3,(H,16,17,19). The van der Waals surface area contributed by atoms with Gasteiger partial charge in [-0.05, 0) is 14.0 Å². The van der Waals surface area contributed by atoms with Crippen molar-refractivity contribution in [2.75, 3.05) is 26.7 Å². The molecule has 0 unspecified atom stereocenters. The highest BCUT2D eigenvalue weighted by Gasteiger charge is 2.30. The summed E-state index contributed by atoms with van der Waals surface area (Å²) in [5.74, 6) is 0.241. The summed E-state index contributed by atoms with van der Waals surface area (Å²) in [5, 5.41) is 2.79. The predicted octanol–water partition coefficient (Wildman–Crippen LogP) is 0.662. The van der Waals surface area contributed by atoms with Crippen molar-refractivity contribution in [2.45, 2.75) is 19.6 Å². The van der Waals surface area contributed by atoms with Gasteiger partial charge in [-0.3, -0.25) is 9.69 Å². The van der Waals surface area contributed by atoms with Crippen LogP contribution < -0.4 is 10.9 Å². The number of aromatic amines is 1. The molecule has 0 bridgehead atoms. The average Bonchev–Trinajstić information content (AvgIpc) is 2.22. The highest BCUT2D eigenvalue weighted by Crippen LogP contribution is 2.17. The van der Waals surface area contributed by atoms with Crippen molar-refractivity contribution >= 4 is 0 Å². The van der Waals surface area contributed by atoms with Gasteiger partial charge in [-0.1, -0.05) is 0 Å². The van der Waals surface area contributed by atoms with Crippen molar-refractivity contribution in [1.82, 2.24) is 20.2 Å². The summed E-state index contributed by atoms with van der Waals surface area (Å²) in [6.07, 6.45) is -4.28. The molecular weight excluding hydrogens is 261 g/mol. The number of aryl methyl sites for hydroxylation is 1. The van der Waals surface area contributed by atoms with E-state index in [1.165, 1.54) is 11.0 Å². The molecule has 0 radical (unpaired) electrons. The Morgan fingerprint density at radius 3 is 2.68 bits per heavy atom. The van der Waals surface area contributed by atoms with Gasteiger partial charge >= 0.3 is 6.18 Å². The van der Waals surface area contributed by atoms with Gasteiger partial charge in [0.05, 0.1) is 13.1 Å². The molecule has 0 aliphatic carbocycles. The summed E-state index contributed by atoms with van der Waals surface area (Å²) < 4.78 is 37.3. The smallest absolute Gasteiger partial charge is 0.318 e. The Bertz CT molecular complexity index is 458. The molecule has 1 aromatic rings. The predicted molar refractivity (Wildman–Crippen MR) is 64.9 cm³/mol. The molecule has 0 fully saturated rings. The van der Waals surface area contributed by atoms with Crippen LogP contribution in [-0.2, 0) is 6.54 Å². The molecule has 1 rings (SSSR count). The number of halogens is 3. The first-order valence-corrected chi connectivity index (χ1v) is 5.80. The number of hydrogen-bond acceptors (Lipinski definition) is 4. The topological polar surface area (TPSA) is 61.0 Å². The molecule has 8 heteroatoms. The molecule has 5 nitrogen and oxygen atoms in total. The van der Waals surface area contributed by atoms with Gasteiger partial charge < -0.3 is 10.3 Å². The Hall–Kier alpha value is -1.41. The maximum atomic E-state index is 12.4. The summed E-state index contributed by atoms with van der Waals surface area (Å²) in [6.45, 7) is 1.19. The normalized spacial score (nSPS) is 12.1. The van der Waals surface area contributed by atoms with Crippen molar-refractivity contribution in [3.8, 4) is 0 Å². The lowest BCUT2D eigenvalue weighted by molar-refractivity contribution is -0.147. The number of aromatic nitrogens is 2. The highest BCUT2D eigenvalue weighted by molar-refractivity contribution is 5.00. The molecular formula is C11H17F3N4O. The van der Waals surface area contributed by atoms with Gasteiger partial charge in [0.15, 0.2) is 0 Å². The van der Waals surface area contributed by atoms with Crippen LogP contribution in [-0.4, -0.2) is 47.7 Å². The maximum absolute atomic E-state index is 12.4. The van der Waals surface area contributed by atoms with Gasteiger partial charge in [0.2, 0.25) is 0 Å². The van der Waals surface area contributed by atoms with Crippen LogP contribution in [0.25, 0.3) is 0 Å². The zero-order chi connectivity index (χ0) is 14.5. The molecule has 0 aliphatic rings. The number of H-pyrrole nitrogens is 1. The minimum Gasteiger partial charge on any atom is -0.318 e. The van der Waals surface area contributed by atoms with E-state index in [4.69, 9.17) is 0 Å². The van der Waals surface area contributed by atoms with E-state index >= 15 is 0 Å². The quantitative estimate of drug-likeness (QED) is 0.802. The first kappa shape index (κ1) is 15.6. The van der Waals surface area contributed by atoms with Crippen LogP contribution in [0.2, 0.25) is 0 Å².